The number of nitrogens with zero attached hydrogens (tertiary/aromatic N) is 2. The van der Waals surface area contributed by atoms with Crippen LogP contribution in [0.5, 0.6) is 0 Å². The Labute approximate surface area is 185 Å². The molecule has 1 heterocycles. The Morgan fingerprint density at radius 3 is 2.23 bits per heavy atom. The van der Waals surface area contributed by atoms with Gasteiger partial charge in [-0.2, -0.15) is 5.26 Å². The third-order valence-corrected chi connectivity index (χ3v) is 8.37. The Morgan fingerprint density at radius 1 is 0.933 bits per heavy atom. The van der Waals surface area contributed by atoms with Gasteiger partial charge < -0.3 is 14.7 Å². The minimum atomic E-state index is -0.409. The number of aliphatic hydroxyl groups is 1. The fourth-order valence-electron chi connectivity index (χ4n) is 6.36. The fourth-order valence-corrected chi connectivity index (χ4v) is 6.36. The van der Waals surface area contributed by atoms with Crippen molar-refractivity contribution in [1.82, 2.24) is 4.90 Å². The van der Waals surface area contributed by atoms with Crippen LogP contribution >= 0.6 is 0 Å². The minimum absolute atomic E-state index is 0.260. The van der Waals surface area contributed by atoms with E-state index in [2.05, 4.69) is 17.9 Å². The van der Waals surface area contributed by atoms with Crippen molar-refractivity contribution in [3.63, 3.8) is 0 Å². The number of unbranched alkanes of at least 4 members (excludes halogenated alkanes) is 1. The Bertz CT molecular complexity index is 512. The molecule has 1 atom stereocenters. The highest BCUT2D eigenvalue weighted by Crippen LogP contribution is 2.44. The van der Waals surface area contributed by atoms with E-state index in [0.717, 1.165) is 77.6 Å². The Morgan fingerprint density at radius 2 is 1.60 bits per heavy atom. The molecule has 0 aromatic heterocycles. The second kappa shape index (κ2) is 12.4. The summed E-state index contributed by atoms with van der Waals surface area (Å²) >= 11 is 0. The summed E-state index contributed by atoms with van der Waals surface area (Å²) in [6.07, 6.45) is 17.8. The normalized spacial score (nSPS) is 29.4. The van der Waals surface area contributed by atoms with Crippen molar-refractivity contribution in [3.8, 4) is 6.07 Å². The van der Waals surface area contributed by atoms with Gasteiger partial charge in [-0.25, -0.2) is 0 Å². The van der Waals surface area contributed by atoms with Crippen molar-refractivity contribution in [1.29, 1.82) is 5.26 Å². The zero-order chi connectivity index (χ0) is 21.2. The van der Waals surface area contributed by atoms with E-state index in [1.54, 1.807) is 0 Å². The minimum Gasteiger partial charge on any atom is -0.389 e. The summed E-state index contributed by atoms with van der Waals surface area (Å²) in [6, 6.07) is 2.40. The summed E-state index contributed by atoms with van der Waals surface area (Å²) in [5.41, 5.74) is -0.409. The van der Waals surface area contributed by atoms with Gasteiger partial charge in [0.25, 0.3) is 0 Å². The molecule has 0 radical (unpaired) electrons. The Kier molecular flexibility index (Phi) is 9.94. The van der Waals surface area contributed by atoms with Crippen molar-refractivity contribution in [3.05, 3.63) is 0 Å². The van der Waals surface area contributed by atoms with Gasteiger partial charge in [0.05, 0.1) is 17.8 Å². The van der Waals surface area contributed by atoms with Crippen molar-refractivity contribution in [2.24, 2.45) is 17.8 Å². The highest BCUT2D eigenvalue weighted by molar-refractivity contribution is 4.96. The average Bonchev–Trinajstić information content (AvgIpc) is 2.81. The lowest BCUT2D eigenvalue weighted by molar-refractivity contribution is -0.105. The average molecular weight is 419 g/mol. The van der Waals surface area contributed by atoms with Crippen LogP contribution in [0.4, 0.5) is 0 Å². The summed E-state index contributed by atoms with van der Waals surface area (Å²) in [6.45, 7) is 6.50. The van der Waals surface area contributed by atoms with Gasteiger partial charge in [-0.3, -0.25) is 0 Å². The highest BCUT2D eigenvalue weighted by atomic mass is 16.5. The van der Waals surface area contributed by atoms with E-state index in [4.69, 9.17) is 10.00 Å². The molecule has 1 aliphatic heterocycles. The predicted octanol–water partition coefficient (Wildman–Crippen LogP) is 5.69. The molecule has 4 heteroatoms. The molecule has 0 aromatic rings. The van der Waals surface area contributed by atoms with Crippen LogP contribution in [0.25, 0.3) is 0 Å². The summed E-state index contributed by atoms with van der Waals surface area (Å²) < 4.78 is 6.09. The maximum Gasteiger partial charge on any atom is 0.0704 e. The van der Waals surface area contributed by atoms with E-state index < -0.39 is 5.60 Å². The topological polar surface area (TPSA) is 56.5 Å². The van der Waals surface area contributed by atoms with Gasteiger partial charge in [0.15, 0.2) is 0 Å². The van der Waals surface area contributed by atoms with Crippen LogP contribution in [0.15, 0.2) is 0 Å². The SMILES string of the molecule is CCCCC(O)(C1CCCCC1)C1CCN(CCCOC2CCC(C#N)CC2)CC1. The number of hydrogen-bond donors (Lipinski definition) is 1. The molecule has 4 nitrogen and oxygen atoms in total. The second-order valence-electron chi connectivity index (χ2n) is 10.4. The first-order valence-corrected chi connectivity index (χ1v) is 13.1. The largest absolute Gasteiger partial charge is 0.389 e. The molecule has 2 saturated carbocycles. The first kappa shape index (κ1) is 24.0. The standard InChI is InChI=1S/C26H46N2O2/c1-2-3-16-26(29,23-8-5-4-6-9-23)24-14-18-28(19-15-24)17-7-20-30-25-12-10-22(21-27)11-13-25/h22-25,29H,2-20H2,1H3. The molecule has 30 heavy (non-hydrogen) atoms. The zero-order valence-corrected chi connectivity index (χ0v) is 19.5. The summed E-state index contributed by atoms with van der Waals surface area (Å²) in [7, 11) is 0. The van der Waals surface area contributed by atoms with E-state index in [9.17, 15) is 5.11 Å². The van der Waals surface area contributed by atoms with Crippen LogP contribution in [0.3, 0.4) is 0 Å². The molecule has 3 rings (SSSR count). The van der Waals surface area contributed by atoms with Crippen LogP contribution in [0, 0.1) is 29.1 Å². The molecule has 1 N–H and O–H groups in total. The maximum atomic E-state index is 11.8. The number of nitriles is 1. The smallest absolute Gasteiger partial charge is 0.0704 e. The van der Waals surface area contributed by atoms with E-state index in [0.29, 0.717) is 17.9 Å². The molecule has 1 saturated heterocycles. The van der Waals surface area contributed by atoms with Gasteiger partial charge in [0.2, 0.25) is 0 Å². The number of likely N-dealkylation sites (tertiary alicyclic amines) is 1. The van der Waals surface area contributed by atoms with Gasteiger partial charge in [-0.05, 0) is 89.1 Å². The van der Waals surface area contributed by atoms with Crippen LogP contribution in [0.2, 0.25) is 0 Å². The first-order valence-electron chi connectivity index (χ1n) is 13.1. The third kappa shape index (κ3) is 6.68. The molecule has 2 aliphatic carbocycles. The number of rotatable bonds is 10. The predicted molar refractivity (Wildman–Crippen MR) is 122 cm³/mol. The van der Waals surface area contributed by atoms with Gasteiger partial charge in [0.1, 0.15) is 0 Å². The summed E-state index contributed by atoms with van der Waals surface area (Å²) in [5, 5.41) is 20.8. The molecule has 1 unspecified atom stereocenters. The lowest BCUT2D eigenvalue weighted by atomic mass is 9.66. The van der Waals surface area contributed by atoms with E-state index in [1.807, 2.05) is 0 Å². The van der Waals surface area contributed by atoms with Crippen LogP contribution < -0.4 is 0 Å². The quantitative estimate of drug-likeness (QED) is 0.463. The lowest BCUT2D eigenvalue weighted by Gasteiger charge is -2.47. The van der Waals surface area contributed by atoms with E-state index in [-0.39, 0.29) is 5.92 Å². The molecule has 0 amide bonds. The summed E-state index contributed by atoms with van der Waals surface area (Å²) in [5.74, 6) is 1.30. The molecule has 172 valence electrons. The maximum absolute atomic E-state index is 11.8. The van der Waals surface area contributed by atoms with Crippen molar-refractivity contribution < 1.29 is 9.84 Å². The summed E-state index contributed by atoms with van der Waals surface area (Å²) in [4.78, 5) is 2.59. The van der Waals surface area contributed by atoms with E-state index in [1.165, 1.54) is 44.9 Å². The van der Waals surface area contributed by atoms with E-state index >= 15 is 0 Å². The Balaban J connectivity index is 1.36. The van der Waals surface area contributed by atoms with Crippen molar-refractivity contribution >= 4 is 0 Å². The number of ether oxygens (including phenoxy) is 1. The van der Waals surface area contributed by atoms with Gasteiger partial charge >= 0.3 is 0 Å². The molecule has 3 aliphatic rings. The monoisotopic (exact) mass is 418 g/mol. The van der Waals surface area contributed by atoms with Crippen LogP contribution in [-0.2, 0) is 4.74 Å². The van der Waals surface area contributed by atoms with Gasteiger partial charge in [0, 0.05) is 19.1 Å². The zero-order valence-electron chi connectivity index (χ0n) is 19.5. The molecule has 0 spiro atoms. The third-order valence-electron chi connectivity index (χ3n) is 8.37. The number of hydrogen-bond acceptors (Lipinski definition) is 4. The van der Waals surface area contributed by atoms with Crippen molar-refractivity contribution in [2.75, 3.05) is 26.2 Å². The molecule has 0 bridgehead atoms. The molecular formula is C26H46N2O2. The number of piperidine rings is 1. The van der Waals surface area contributed by atoms with Crippen molar-refractivity contribution in [2.45, 2.75) is 115 Å². The molecular weight excluding hydrogens is 372 g/mol. The second-order valence-corrected chi connectivity index (χ2v) is 10.4. The van der Waals surface area contributed by atoms with Crippen LogP contribution in [0.1, 0.15) is 103 Å². The molecule has 0 aromatic carbocycles. The fraction of sp³-hybridized carbons (Fsp3) is 0.962. The molecule has 3 fully saturated rings. The Hall–Kier alpha value is -0.630. The first-order chi connectivity index (χ1) is 14.7. The van der Waals surface area contributed by atoms with Gasteiger partial charge in [-0.1, -0.05) is 39.0 Å². The highest BCUT2D eigenvalue weighted by Gasteiger charge is 2.44. The van der Waals surface area contributed by atoms with Gasteiger partial charge in [-0.15, -0.1) is 0 Å². The lowest BCUT2D eigenvalue weighted by Crippen LogP contribution is -2.50. The van der Waals surface area contributed by atoms with Crippen LogP contribution in [-0.4, -0.2) is 48.0 Å².